The normalized spacial score (nSPS) is 13.1. The second-order valence-electron chi connectivity index (χ2n) is 4.90. The molecule has 0 spiro atoms. The van der Waals surface area contributed by atoms with Crippen LogP contribution in [0.5, 0.6) is 0 Å². The van der Waals surface area contributed by atoms with E-state index >= 15 is 0 Å². The molecule has 0 radical (unpaired) electrons. The van der Waals surface area contributed by atoms with E-state index in [9.17, 15) is 4.79 Å². The fourth-order valence-electron chi connectivity index (χ4n) is 1.25. The minimum atomic E-state index is -0.202. The molecule has 1 N–H and O–H groups in total. The first-order chi connectivity index (χ1) is 8.41. The van der Waals surface area contributed by atoms with Crippen molar-refractivity contribution in [2.75, 3.05) is 6.54 Å². The maximum Gasteiger partial charge on any atom is 0.233 e. The van der Waals surface area contributed by atoms with E-state index in [0.717, 1.165) is 0 Å². The SMILES string of the molecule is CC(C)CNC(=O)C(C)Sc1nnnn1C(C)C. The molecule has 1 atom stereocenters. The Morgan fingerprint density at radius 1 is 1.33 bits per heavy atom. The molecule has 0 saturated carbocycles. The van der Waals surface area contributed by atoms with Crippen molar-refractivity contribution in [3.05, 3.63) is 0 Å². The van der Waals surface area contributed by atoms with Gasteiger partial charge in [-0.2, -0.15) is 0 Å². The van der Waals surface area contributed by atoms with Crippen LogP contribution < -0.4 is 5.32 Å². The van der Waals surface area contributed by atoms with Gasteiger partial charge in [0, 0.05) is 6.54 Å². The molecule has 102 valence electrons. The number of aromatic nitrogens is 4. The lowest BCUT2D eigenvalue weighted by molar-refractivity contribution is -0.120. The van der Waals surface area contributed by atoms with Gasteiger partial charge in [-0.15, -0.1) is 5.10 Å². The quantitative estimate of drug-likeness (QED) is 0.794. The van der Waals surface area contributed by atoms with E-state index in [1.165, 1.54) is 11.8 Å². The van der Waals surface area contributed by atoms with Crippen molar-refractivity contribution in [3.63, 3.8) is 0 Å². The highest BCUT2D eigenvalue weighted by Gasteiger charge is 2.19. The van der Waals surface area contributed by atoms with Crippen molar-refractivity contribution >= 4 is 17.7 Å². The van der Waals surface area contributed by atoms with Crippen LogP contribution in [-0.2, 0) is 4.79 Å². The highest BCUT2D eigenvalue weighted by molar-refractivity contribution is 8.00. The van der Waals surface area contributed by atoms with Crippen LogP contribution in [0.3, 0.4) is 0 Å². The average molecular weight is 271 g/mol. The zero-order chi connectivity index (χ0) is 13.7. The smallest absolute Gasteiger partial charge is 0.233 e. The maximum absolute atomic E-state index is 11.8. The lowest BCUT2D eigenvalue weighted by atomic mass is 10.2. The van der Waals surface area contributed by atoms with Gasteiger partial charge >= 0.3 is 0 Å². The summed E-state index contributed by atoms with van der Waals surface area (Å²) in [6.07, 6.45) is 0. The number of amides is 1. The Labute approximate surface area is 112 Å². The van der Waals surface area contributed by atoms with Crippen LogP contribution >= 0.6 is 11.8 Å². The zero-order valence-corrected chi connectivity index (χ0v) is 12.4. The minimum Gasteiger partial charge on any atom is -0.355 e. The lowest BCUT2D eigenvalue weighted by Crippen LogP contribution is -2.33. The van der Waals surface area contributed by atoms with Gasteiger partial charge in [0.2, 0.25) is 11.1 Å². The largest absolute Gasteiger partial charge is 0.355 e. The van der Waals surface area contributed by atoms with E-state index in [0.29, 0.717) is 17.6 Å². The van der Waals surface area contributed by atoms with Gasteiger partial charge in [0.25, 0.3) is 0 Å². The third-order valence-corrected chi connectivity index (χ3v) is 3.33. The number of nitrogens with one attached hydrogen (secondary N) is 1. The summed E-state index contributed by atoms with van der Waals surface area (Å²) < 4.78 is 1.72. The average Bonchev–Trinajstić information content (AvgIpc) is 2.73. The van der Waals surface area contributed by atoms with Gasteiger partial charge in [-0.3, -0.25) is 4.79 Å². The molecule has 18 heavy (non-hydrogen) atoms. The van der Waals surface area contributed by atoms with E-state index in [1.54, 1.807) is 4.68 Å². The van der Waals surface area contributed by atoms with Crippen molar-refractivity contribution in [1.82, 2.24) is 25.5 Å². The summed E-state index contributed by atoms with van der Waals surface area (Å²) in [7, 11) is 0. The van der Waals surface area contributed by atoms with E-state index in [-0.39, 0.29) is 17.2 Å². The number of thioether (sulfide) groups is 1. The summed E-state index contributed by atoms with van der Waals surface area (Å²) in [5.74, 6) is 0.471. The molecule has 0 saturated heterocycles. The van der Waals surface area contributed by atoms with Crippen molar-refractivity contribution in [2.45, 2.75) is 51.1 Å². The topological polar surface area (TPSA) is 72.7 Å². The Morgan fingerprint density at radius 2 is 2.00 bits per heavy atom. The van der Waals surface area contributed by atoms with Crippen molar-refractivity contribution in [2.24, 2.45) is 5.92 Å². The summed E-state index contributed by atoms with van der Waals surface area (Å²) in [5, 5.41) is 14.9. The molecule has 1 aromatic rings. The van der Waals surface area contributed by atoms with Gasteiger partial charge in [-0.05, 0) is 37.1 Å². The Morgan fingerprint density at radius 3 is 2.56 bits per heavy atom. The summed E-state index contributed by atoms with van der Waals surface area (Å²) in [6.45, 7) is 10.7. The summed E-state index contributed by atoms with van der Waals surface area (Å²) in [4.78, 5) is 11.8. The van der Waals surface area contributed by atoms with Crippen molar-refractivity contribution in [1.29, 1.82) is 0 Å². The van der Waals surface area contributed by atoms with E-state index < -0.39 is 0 Å². The third-order valence-electron chi connectivity index (χ3n) is 2.29. The number of tetrazole rings is 1. The van der Waals surface area contributed by atoms with Gasteiger partial charge in [-0.1, -0.05) is 25.6 Å². The molecule has 7 heteroatoms. The standard InChI is InChI=1S/C11H21N5OS/c1-7(2)6-12-10(17)9(5)18-11-13-14-15-16(11)8(3)4/h7-9H,6H2,1-5H3,(H,12,17). The highest BCUT2D eigenvalue weighted by atomic mass is 32.2. The summed E-state index contributed by atoms with van der Waals surface area (Å²) in [6, 6.07) is 0.188. The van der Waals surface area contributed by atoms with Gasteiger partial charge in [0.15, 0.2) is 0 Å². The van der Waals surface area contributed by atoms with E-state index in [2.05, 4.69) is 34.7 Å². The maximum atomic E-state index is 11.8. The fourth-order valence-corrected chi connectivity index (χ4v) is 2.19. The fraction of sp³-hybridized carbons (Fsp3) is 0.818. The number of hydrogen-bond donors (Lipinski definition) is 1. The summed E-state index contributed by atoms with van der Waals surface area (Å²) >= 11 is 1.38. The number of carbonyl (C=O) groups excluding carboxylic acids is 1. The first kappa shape index (κ1) is 14.9. The molecule has 0 aromatic carbocycles. The number of nitrogens with zero attached hydrogens (tertiary/aromatic N) is 4. The molecule has 0 bridgehead atoms. The predicted octanol–water partition coefficient (Wildman–Crippen LogP) is 1.51. The van der Waals surface area contributed by atoms with Crippen LogP contribution in [-0.4, -0.2) is 37.9 Å². The third kappa shape index (κ3) is 4.29. The number of carbonyl (C=O) groups is 1. The van der Waals surface area contributed by atoms with Crippen LogP contribution in [0, 0.1) is 5.92 Å². The molecule has 1 amide bonds. The van der Waals surface area contributed by atoms with Gasteiger partial charge < -0.3 is 5.32 Å². The number of rotatable bonds is 6. The Balaban J connectivity index is 2.55. The molecule has 0 aliphatic heterocycles. The first-order valence-electron chi connectivity index (χ1n) is 6.14. The van der Waals surface area contributed by atoms with Gasteiger partial charge in [0.1, 0.15) is 0 Å². The van der Waals surface area contributed by atoms with Crippen molar-refractivity contribution < 1.29 is 4.79 Å². The van der Waals surface area contributed by atoms with Crippen LogP contribution in [0.15, 0.2) is 5.16 Å². The molecular weight excluding hydrogens is 250 g/mol. The predicted molar refractivity (Wildman–Crippen MR) is 71.4 cm³/mol. The Hall–Kier alpha value is -1.11. The van der Waals surface area contributed by atoms with Gasteiger partial charge in [0.05, 0.1) is 11.3 Å². The van der Waals surface area contributed by atoms with Crippen molar-refractivity contribution in [3.8, 4) is 0 Å². The first-order valence-corrected chi connectivity index (χ1v) is 7.02. The minimum absolute atomic E-state index is 0.0204. The molecule has 1 rings (SSSR count). The Kier molecular flexibility index (Phi) is 5.58. The number of hydrogen-bond acceptors (Lipinski definition) is 5. The van der Waals surface area contributed by atoms with E-state index in [4.69, 9.17) is 0 Å². The van der Waals surface area contributed by atoms with Crippen LogP contribution in [0.25, 0.3) is 0 Å². The highest BCUT2D eigenvalue weighted by Crippen LogP contribution is 2.22. The molecule has 1 heterocycles. The van der Waals surface area contributed by atoms with E-state index in [1.807, 2.05) is 20.8 Å². The molecule has 0 aliphatic carbocycles. The summed E-state index contributed by atoms with van der Waals surface area (Å²) in [5.41, 5.74) is 0. The molecule has 0 fully saturated rings. The van der Waals surface area contributed by atoms with Crippen LogP contribution in [0.2, 0.25) is 0 Å². The second kappa shape index (κ2) is 6.72. The molecule has 0 aliphatic rings. The molecule has 1 aromatic heterocycles. The molecule has 1 unspecified atom stereocenters. The lowest BCUT2D eigenvalue weighted by Gasteiger charge is -2.13. The monoisotopic (exact) mass is 271 g/mol. The van der Waals surface area contributed by atoms with Crippen LogP contribution in [0.1, 0.15) is 40.7 Å². The molecular formula is C11H21N5OS. The second-order valence-corrected chi connectivity index (χ2v) is 6.21. The molecule has 6 nitrogen and oxygen atoms in total. The van der Waals surface area contributed by atoms with Crippen LogP contribution in [0.4, 0.5) is 0 Å². The Bertz CT molecular complexity index is 391. The van der Waals surface area contributed by atoms with Gasteiger partial charge in [-0.25, -0.2) is 4.68 Å². The zero-order valence-electron chi connectivity index (χ0n) is 11.5.